The van der Waals surface area contributed by atoms with E-state index in [2.05, 4.69) is 57.2 Å². The second kappa shape index (κ2) is 49.1. The van der Waals surface area contributed by atoms with Crippen LogP contribution in [-0.2, 0) is 42.2 Å². The van der Waals surface area contributed by atoms with Crippen LogP contribution < -0.4 is 0 Å². The largest absolute Gasteiger partial charge is 0.472 e. The summed E-state index contributed by atoms with van der Waals surface area (Å²) in [4.78, 5) is 48.3. The van der Waals surface area contributed by atoms with Crippen LogP contribution in [0.4, 0.5) is 0 Å². The maximum absolute atomic E-state index is 12.8. The summed E-state index contributed by atoms with van der Waals surface area (Å²) in [6, 6.07) is 0. The molecule has 386 valence electrons. The maximum Gasteiger partial charge on any atom is 0.472 e. The van der Waals surface area contributed by atoms with Gasteiger partial charge in [-0.15, -0.1) is 0 Å². The number of unbranched alkanes of at least 4 members (excludes halogenated alkanes) is 27. The molecular formula is C54H99O11P. The molecule has 0 heterocycles. The summed E-state index contributed by atoms with van der Waals surface area (Å²) in [6.45, 7) is 4.56. The zero-order valence-corrected chi connectivity index (χ0v) is 43.3. The fourth-order valence-corrected chi connectivity index (χ4v) is 8.11. The van der Waals surface area contributed by atoms with Crippen molar-refractivity contribution in [1.29, 1.82) is 0 Å². The van der Waals surface area contributed by atoms with E-state index in [1.165, 1.54) is 77.0 Å². The molecule has 0 bridgehead atoms. The van der Waals surface area contributed by atoms with E-state index >= 15 is 0 Å². The molecule has 0 aliphatic rings. The van der Waals surface area contributed by atoms with Gasteiger partial charge < -0.3 is 24.2 Å². The number of hydrogen-bond acceptors (Lipinski definition) is 10. The number of allylic oxidation sites excluding steroid dienone is 6. The van der Waals surface area contributed by atoms with Crippen molar-refractivity contribution in [3.05, 3.63) is 36.5 Å². The first-order chi connectivity index (χ1) is 32.2. The predicted molar refractivity (Wildman–Crippen MR) is 270 cm³/mol. The van der Waals surface area contributed by atoms with Crippen molar-refractivity contribution in [3.8, 4) is 0 Å². The van der Waals surface area contributed by atoms with Crippen molar-refractivity contribution in [2.45, 2.75) is 264 Å². The van der Waals surface area contributed by atoms with Crippen LogP contribution in [0.3, 0.4) is 0 Å². The molecule has 2 N–H and O–H groups in total. The third-order valence-electron chi connectivity index (χ3n) is 11.5. The van der Waals surface area contributed by atoms with E-state index < -0.39 is 57.8 Å². The molecule has 0 amide bonds. The number of hydrogen-bond donors (Lipinski definition) is 2. The van der Waals surface area contributed by atoms with Gasteiger partial charge in [-0.2, -0.15) is 0 Å². The maximum atomic E-state index is 12.8. The first kappa shape index (κ1) is 63.7. The Balaban J connectivity index is 4.73. The Labute approximate surface area is 403 Å². The monoisotopic (exact) mass is 955 g/mol. The van der Waals surface area contributed by atoms with Crippen LogP contribution in [0.15, 0.2) is 36.5 Å². The van der Waals surface area contributed by atoms with Gasteiger partial charge in [0.15, 0.2) is 6.10 Å². The standard InChI is InChI=1S/C54H99O11P/c1-4-7-10-13-16-19-22-24-25-27-30-33-36-39-42-45-54(58)65-51(47-61-52(56)43-40-37-34-31-28-21-18-15-12-9-6-3)49-63-66(59,60)62-48-50(46-55)64-53(57)44-41-38-35-32-29-26-23-20-17-14-11-8-5-2/h15,18,20,23-25,50-51,55H,4-14,16-17,19,21-22,26-49H2,1-3H3,(H,59,60)/b18-15-,23-20-,25-24-. The molecule has 0 aliphatic carbocycles. The molecule has 0 fully saturated rings. The molecule has 0 aromatic rings. The lowest BCUT2D eigenvalue weighted by atomic mass is 10.1. The highest BCUT2D eigenvalue weighted by Crippen LogP contribution is 2.43. The van der Waals surface area contributed by atoms with Crippen LogP contribution in [0.1, 0.15) is 252 Å². The summed E-state index contributed by atoms with van der Waals surface area (Å²) in [5.74, 6) is -1.48. The number of aliphatic hydroxyl groups is 1. The lowest BCUT2D eigenvalue weighted by Gasteiger charge is -2.21. The molecular weight excluding hydrogens is 856 g/mol. The fourth-order valence-electron chi connectivity index (χ4n) is 7.33. The summed E-state index contributed by atoms with van der Waals surface area (Å²) in [7, 11) is -4.74. The van der Waals surface area contributed by atoms with Crippen molar-refractivity contribution in [2.24, 2.45) is 0 Å². The van der Waals surface area contributed by atoms with Crippen LogP contribution in [0, 0.1) is 0 Å². The number of carbonyl (C=O) groups is 3. The highest BCUT2D eigenvalue weighted by atomic mass is 31.2. The molecule has 0 aromatic carbocycles. The lowest BCUT2D eigenvalue weighted by Crippen LogP contribution is -2.30. The third-order valence-corrected chi connectivity index (χ3v) is 12.5. The van der Waals surface area contributed by atoms with Gasteiger partial charge in [0.05, 0.1) is 19.8 Å². The summed E-state index contributed by atoms with van der Waals surface area (Å²) in [5, 5.41) is 9.77. The van der Waals surface area contributed by atoms with E-state index in [1.807, 2.05) is 0 Å². The average Bonchev–Trinajstić information content (AvgIpc) is 3.30. The number of rotatable bonds is 50. The molecule has 0 aromatic heterocycles. The Hall–Kier alpha value is -2.30. The van der Waals surface area contributed by atoms with Crippen molar-refractivity contribution < 1.29 is 52.2 Å². The van der Waals surface area contributed by atoms with E-state index in [-0.39, 0.29) is 25.9 Å². The minimum absolute atomic E-state index is 0.158. The Morgan fingerprint density at radius 2 is 0.712 bits per heavy atom. The van der Waals surface area contributed by atoms with Gasteiger partial charge in [0, 0.05) is 19.3 Å². The molecule has 3 unspecified atom stereocenters. The fraction of sp³-hybridized carbons (Fsp3) is 0.833. The van der Waals surface area contributed by atoms with Gasteiger partial charge in [-0.3, -0.25) is 23.4 Å². The van der Waals surface area contributed by atoms with Gasteiger partial charge in [0.2, 0.25) is 0 Å². The van der Waals surface area contributed by atoms with Gasteiger partial charge >= 0.3 is 25.7 Å². The highest BCUT2D eigenvalue weighted by Gasteiger charge is 2.28. The Morgan fingerprint density at radius 1 is 0.409 bits per heavy atom. The first-order valence-corrected chi connectivity index (χ1v) is 28.4. The van der Waals surface area contributed by atoms with Gasteiger partial charge in [0.1, 0.15) is 12.7 Å². The number of phosphoric ester groups is 1. The number of aliphatic hydroxyl groups excluding tert-OH is 1. The summed E-state index contributed by atoms with van der Waals surface area (Å²) < 4.78 is 39.3. The zero-order valence-electron chi connectivity index (χ0n) is 42.4. The van der Waals surface area contributed by atoms with E-state index in [1.54, 1.807) is 0 Å². The topological polar surface area (TPSA) is 155 Å². The number of ether oxygens (including phenoxy) is 3. The minimum Gasteiger partial charge on any atom is -0.462 e. The quantitative estimate of drug-likeness (QED) is 0.0197. The molecule has 0 spiro atoms. The molecule has 0 radical (unpaired) electrons. The molecule has 3 atom stereocenters. The number of carbonyl (C=O) groups excluding carboxylic acids is 3. The summed E-state index contributed by atoms with van der Waals surface area (Å²) >= 11 is 0. The van der Waals surface area contributed by atoms with Crippen LogP contribution >= 0.6 is 7.82 Å². The smallest absolute Gasteiger partial charge is 0.462 e. The molecule has 0 saturated heterocycles. The van der Waals surface area contributed by atoms with Crippen molar-refractivity contribution >= 4 is 25.7 Å². The van der Waals surface area contributed by atoms with E-state index in [9.17, 15) is 28.9 Å². The molecule has 66 heavy (non-hydrogen) atoms. The van der Waals surface area contributed by atoms with Crippen molar-refractivity contribution in [2.75, 3.05) is 26.4 Å². The molecule has 11 nitrogen and oxygen atoms in total. The number of phosphoric acid groups is 1. The van der Waals surface area contributed by atoms with Crippen molar-refractivity contribution in [3.63, 3.8) is 0 Å². The molecule has 0 aliphatic heterocycles. The lowest BCUT2D eigenvalue weighted by molar-refractivity contribution is -0.161. The third kappa shape index (κ3) is 46.8. The van der Waals surface area contributed by atoms with E-state index in [0.717, 1.165) is 116 Å². The predicted octanol–water partition coefficient (Wildman–Crippen LogP) is 15.3. The van der Waals surface area contributed by atoms with E-state index in [4.69, 9.17) is 23.3 Å². The van der Waals surface area contributed by atoms with Crippen LogP contribution in [-0.4, -0.2) is 66.5 Å². The van der Waals surface area contributed by atoms with Gasteiger partial charge in [-0.05, 0) is 89.9 Å². The highest BCUT2D eigenvalue weighted by molar-refractivity contribution is 7.47. The van der Waals surface area contributed by atoms with Crippen LogP contribution in [0.25, 0.3) is 0 Å². The van der Waals surface area contributed by atoms with Gasteiger partial charge in [-0.1, -0.05) is 179 Å². The Bertz CT molecular complexity index is 1250. The summed E-state index contributed by atoms with van der Waals surface area (Å²) in [6.07, 6.45) is 48.2. The molecule has 12 heteroatoms. The van der Waals surface area contributed by atoms with E-state index in [0.29, 0.717) is 19.3 Å². The van der Waals surface area contributed by atoms with Crippen LogP contribution in [0.2, 0.25) is 0 Å². The first-order valence-electron chi connectivity index (χ1n) is 26.9. The van der Waals surface area contributed by atoms with Gasteiger partial charge in [0.25, 0.3) is 0 Å². The molecule has 0 saturated carbocycles. The second-order valence-corrected chi connectivity index (χ2v) is 19.5. The number of esters is 3. The minimum atomic E-state index is -4.74. The van der Waals surface area contributed by atoms with Gasteiger partial charge in [-0.25, -0.2) is 4.57 Å². The summed E-state index contributed by atoms with van der Waals surface area (Å²) in [5.41, 5.74) is 0. The Morgan fingerprint density at radius 3 is 1.11 bits per heavy atom. The van der Waals surface area contributed by atoms with Crippen LogP contribution in [0.5, 0.6) is 0 Å². The molecule has 0 rings (SSSR count). The Kier molecular flexibility index (Phi) is 47.4. The SMILES string of the molecule is CCCC/C=C\CCCCCCCC(=O)OCC(COP(=O)(O)OCC(CO)OC(=O)CCCCCCC/C=C\CCCCCC)OC(=O)CCCCCCC/C=C\CCCCCCCC. The normalized spacial score (nSPS) is 13.7. The average molecular weight is 955 g/mol. The zero-order chi connectivity index (χ0) is 48.4. The van der Waals surface area contributed by atoms with Crippen molar-refractivity contribution in [1.82, 2.24) is 0 Å². The second-order valence-electron chi connectivity index (χ2n) is 18.0.